The summed E-state index contributed by atoms with van der Waals surface area (Å²) in [4.78, 5) is 17.1. The summed E-state index contributed by atoms with van der Waals surface area (Å²) in [5.74, 6) is 0.743. The van der Waals surface area contributed by atoms with Crippen LogP contribution in [0.15, 0.2) is 48.8 Å². The topological polar surface area (TPSA) is 54.0 Å². The summed E-state index contributed by atoms with van der Waals surface area (Å²) in [5.41, 5.74) is 3.22. The van der Waals surface area contributed by atoms with Crippen molar-refractivity contribution >= 4 is 5.91 Å². The van der Waals surface area contributed by atoms with E-state index in [0.29, 0.717) is 12.5 Å². The predicted octanol–water partition coefficient (Wildman–Crippen LogP) is 3.14. The van der Waals surface area contributed by atoms with Gasteiger partial charge in [-0.2, -0.15) is 0 Å². The molecule has 0 unspecified atom stereocenters. The van der Waals surface area contributed by atoms with E-state index in [0.717, 1.165) is 36.2 Å². The van der Waals surface area contributed by atoms with Gasteiger partial charge in [0.15, 0.2) is 0 Å². The van der Waals surface area contributed by atoms with Gasteiger partial charge in [-0.3, -0.25) is 9.78 Å². The molecule has 2 heterocycles. The van der Waals surface area contributed by atoms with Gasteiger partial charge in [0.05, 0.1) is 5.41 Å². The average molecular weight is 335 g/mol. The Hall–Kier alpha value is -2.20. The minimum atomic E-state index is -0.173. The molecular weight excluding hydrogens is 310 g/mol. The maximum absolute atomic E-state index is 12.9. The van der Waals surface area contributed by atoms with Gasteiger partial charge in [-0.15, -0.1) is 0 Å². The third-order valence-corrected chi connectivity index (χ3v) is 5.89. The van der Waals surface area contributed by atoms with Gasteiger partial charge in [0.1, 0.15) is 0 Å². The third kappa shape index (κ3) is 3.19. The van der Waals surface area contributed by atoms with E-state index >= 15 is 0 Å². The van der Waals surface area contributed by atoms with Crippen molar-refractivity contribution in [2.45, 2.75) is 32.2 Å². The standard InChI is InChI=1S/C21H25N3O/c25-20(21-10-2-1-5-19(21)14-23-15-21)24-12-16-6-8-17(9-7-16)18-4-3-11-22-13-18/h3-4,6-9,11,13,19,23H,1-2,5,10,12,14-15H2,(H,24,25)/t19-,21+/m0/s1. The third-order valence-electron chi connectivity index (χ3n) is 5.89. The van der Waals surface area contributed by atoms with Crippen LogP contribution in [0.4, 0.5) is 0 Å². The molecule has 2 aromatic rings. The fourth-order valence-corrected chi connectivity index (χ4v) is 4.40. The second kappa shape index (κ2) is 6.96. The van der Waals surface area contributed by atoms with E-state index < -0.39 is 0 Å². The quantitative estimate of drug-likeness (QED) is 0.902. The van der Waals surface area contributed by atoms with Crippen molar-refractivity contribution < 1.29 is 4.79 Å². The van der Waals surface area contributed by atoms with E-state index in [1.165, 1.54) is 19.3 Å². The summed E-state index contributed by atoms with van der Waals surface area (Å²) in [6.07, 6.45) is 8.29. The zero-order chi connectivity index (χ0) is 17.1. The lowest BCUT2D eigenvalue weighted by Gasteiger charge is -2.37. The van der Waals surface area contributed by atoms with Crippen LogP contribution < -0.4 is 10.6 Å². The van der Waals surface area contributed by atoms with Gasteiger partial charge in [0.2, 0.25) is 5.91 Å². The van der Waals surface area contributed by atoms with E-state index in [-0.39, 0.29) is 11.3 Å². The Labute approximate surface area is 149 Å². The van der Waals surface area contributed by atoms with Crippen molar-refractivity contribution in [1.82, 2.24) is 15.6 Å². The average Bonchev–Trinajstić information content (AvgIpc) is 3.12. The molecule has 0 radical (unpaired) electrons. The molecule has 1 aliphatic heterocycles. The highest BCUT2D eigenvalue weighted by atomic mass is 16.2. The van der Waals surface area contributed by atoms with Gasteiger partial charge in [0.25, 0.3) is 0 Å². The van der Waals surface area contributed by atoms with Crippen molar-refractivity contribution in [2.75, 3.05) is 13.1 Å². The first-order chi connectivity index (χ1) is 12.3. The molecule has 1 saturated heterocycles. The summed E-state index contributed by atoms with van der Waals surface area (Å²) in [6, 6.07) is 12.4. The van der Waals surface area contributed by atoms with Crippen molar-refractivity contribution in [2.24, 2.45) is 11.3 Å². The summed E-state index contributed by atoms with van der Waals surface area (Å²) in [7, 11) is 0. The molecule has 4 nitrogen and oxygen atoms in total. The second-order valence-corrected chi connectivity index (χ2v) is 7.35. The number of pyridine rings is 1. The van der Waals surface area contributed by atoms with Gasteiger partial charge in [-0.25, -0.2) is 0 Å². The van der Waals surface area contributed by atoms with Crippen molar-refractivity contribution in [1.29, 1.82) is 0 Å². The van der Waals surface area contributed by atoms with Crippen LogP contribution in [-0.4, -0.2) is 24.0 Å². The monoisotopic (exact) mass is 335 g/mol. The van der Waals surface area contributed by atoms with Gasteiger partial charge < -0.3 is 10.6 Å². The SMILES string of the molecule is O=C(NCc1ccc(-c2cccnc2)cc1)[C@@]12CCCC[C@H]1CNC2. The molecule has 4 rings (SSSR count). The lowest BCUT2D eigenvalue weighted by molar-refractivity contribution is -0.134. The van der Waals surface area contributed by atoms with Crippen molar-refractivity contribution in [3.63, 3.8) is 0 Å². The highest BCUT2D eigenvalue weighted by molar-refractivity contribution is 5.84. The Morgan fingerprint density at radius 2 is 2.08 bits per heavy atom. The molecule has 2 atom stereocenters. The van der Waals surface area contributed by atoms with E-state index in [9.17, 15) is 4.79 Å². The normalized spacial score (nSPS) is 25.4. The maximum Gasteiger partial charge on any atom is 0.228 e. The van der Waals surface area contributed by atoms with Gasteiger partial charge in [0, 0.05) is 25.5 Å². The first-order valence-corrected chi connectivity index (χ1v) is 9.26. The molecule has 25 heavy (non-hydrogen) atoms. The summed E-state index contributed by atoms with van der Waals surface area (Å²) in [5, 5.41) is 6.64. The molecule has 0 bridgehead atoms. The van der Waals surface area contributed by atoms with Crippen LogP contribution in [0.5, 0.6) is 0 Å². The van der Waals surface area contributed by atoms with Crippen LogP contribution in [0.1, 0.15) is 31.2 Å². The second-order valence-electron chi connectivity index (χ2n) is 7.35. The number of nitrogens with one attached hydrogen (secondary N) is 2. The fraction of sp³-hybridized carbons (Fsp3) is 0.429. The smallest absolute Gasteiger partial charge is 0.228 e. The van der Waals surface area contributed by atoms with Gasteiger partial charge in [-0.1, -0.05) is 43.2 Å². The summed E-state index contributed by atoms with van der Waals surface area (Å²) < 4.78 is 0. The molecule has 1 amide bonds. The predicted molar refractivity (Wildman–Crippen MR) is 98.8 cm³/mol. The van der Waals surface area contributed by atoms with E-state index in [1.54, 1.807) is 6.20 Å². The minimum Gasteiger partial charge on any atom is -0.351 e. The Bertz CT molecular complexity index is 729. The van der Waals surface area contributed by atoms with Gasteiger partial charge >= 0.3 is 0 Å². The number of carbonyl (C=O) groups is 1. The molecule has 1 aromatic carbocycles. The molecule has 4 heteroatoms. The number of benzene rings is 1. The van der Waals surface area contributed by atoms with Crippen molar-refractivity contribution in [3.8, 4) is 11.1 Å². The Morgan fingerprint density at radius 3 is 2.88 bits per heavy atom. The number of rotatable bonds is 4. The lowest BCUT2D eigenvalue weighted by Crippen LogP contribution is -2.47. The lowest BCUT2D eigenvalue weighted by atomic mass is 9.67. The number of hydrogen-bond acceptors (Lipinski definition) is 3. The molecule has 1 aliphatic carbocycles. The molecule has 1 aromatic heterocycles. The fourth-order valence-electron chi connectivity index (χ4n) is 4.40. The number of fused-ring (bicyclic) bond motifs is 1. The van der Waals surface area contributed by atoms with E-state index in [2.05, 4.69) is 45.9 Å². The highest BCUT2D eigenvalue weighted by Crippen LogP contribution is 2.43. The van der Waals surface area contributed by atoms with Crippen LogP contribution >= 0.6 is 0 Å². The van der Waals surface area contributed by atoms with Crippen molar-refractivity contribution in [3.05, 3.63) is 54.4 Å². The van der Waals surface area contributed by atoms with Crippen LogP contribution in [0.3, 0.4) is 0 Å². The summed E-state index contributed by atoms with van der Waals surface area (Å²) in [6.45, 7) is 2.43. The minimum absolute atomic E-state index is 0.173. The Kier molecular flexibility index (Phi) is 4.53. The molecule has 2 N–H and O–H groups in total. The maximum atomic E-state index is 12.9. The van der Waals surface area contributed by atoms with Gasteiger partial charge in [-0.05, 0) is 48.1 Å². The van der Waals surface area contributed by atoms with Crippen LogP contribution in [-0.2, 0) is 11.3 Å². The molecule has 1 saturated carbocycles. The molecule has 2 fully saturated rings. The molecule has 2 aliphatic rings. The van der Waals surface area contributed by atoms with Crippen LogP contribution in [0.2, 0.25) is 0 Å². The number of nitrogens with zero attached hydrogens (tertiary/aromatic N) is 1. The molecular formula is C21H25N3O. The van der Waals surface area contributed by atoms with Crippen LogP contribution in [0, 0.1) is 11.3 Å². The Morgan fingerprint density at radius 1 is 1.20 bits per heavy atom. The number of carbonyl (C=O) groups excluding carboxylic acids is 1. The van der Waals surface area contributed by atoms with E-state index in [4.69, 9.17) is 0 Å². The largest absolute Gasteiger partial charge is 0.351 e. The molecule has 0 spiro atoms. The number of aromatic nitrogens is 1. The number of amides is 1. The number of hydrogen-bond donors (Lipinski definition) is 2. The zero-order valence-electron chi connectivity index (χ0n) is 14.5. The van der Waals surface area contributed by atoms with E-state index in [1.807, 2.05) is 12.3 Å². The molecule has 130 valence electrons. The zero-order valence-corrected chi connectivity index (χ0v) is 14.5. The first-order valence-electron chi connectivity index (χ1n) is 9.26. The Balaban J connectivity index is 1.40. The summed E-state index contributed by atoms with van der Waals surface area (Å²) >= 11 is 0. The highest BCUT2D eigenvalue weighted by Gasteiger charge is 2.49. The van der Waals surface area contributed by atoms with Crippen LogP contribution in [0.25, 0.3) is 11.1 Å². The first kappa shape index (κ1) is 16.3.